The predicted octanol–water partition coefficient (Wildman–Crippen LogP) is 3.08. The van der Waals surface area contributed by atoms with Crippen molar-refractivity contribution in [2.24, 2.45) is 0 Å². The minimum absolute atomic E-state index is 0.185. The molecular weight excluding hydrogens is 277 g/mol. The van der Waals surface area contributed by atoms with Gasteiger partial charge in [-0.25, -0.2) is 4.39 Å². The average molecular weight is 297 g/mol. The van der Waals surface area contributed by atoms with Crippen LogP contribution in [-0.2, 0) is 10.5 Å². The predicted molar refractivity (Wildman–Crippen MR) is 79.5 cm³/mol. The highest BCUT2D eigenvalue weighted by atomic mass is 32.2. The molecule has 5 heteroatoms. The molecule has 1 aliphatic rings. The summed E-state index contributed by atoms with van der Waals surface area (Å²) in [6.07, 6.45) is 3.43. The molecule has 1 aliphatic heterocycles. The fourth-order valence-electron chi connectivity index (χ4n) is 2.34. The maximum atomic E-state index is 13.2. The third-order valence-corrected chi connectivity index (χ3v) is 4.40. The second-order valence-electron chi connectivity index (χ2n) is 4.89. The third kappa shape index (κ3) is 4.13. The van der Waals surface area contributed by atoms with Crippen LogP contribution in [0, 0.1) is 5.82 Å². The molecule has 3 nitrogen and oxygen atoms in total. The number of carbonyl (C=O) groups is 1. The van der Waals surface area contributed by atoms with Gasteiger partial charge >= 0.3 is 0 Å². The zero-order valence-electron chi connectivity index (χ0n) is 11.7. The van der Waals surface area contributed by atoms with Crippen molar-refractivity contribution in [1.82, 2.24) is 4.90 Å². The van der Waals surface area contributed by atoms with Crippen LogP contribution in [0.25, 0.3) is 0 Å². The Balaban J connectivity index is 1.83. The second-order valence-corrected chi connectivity index (χ2v) is 5.88. The SMILES string of the molecule is COc1ccc(F)cc1CSCC(=O)N1CCCCC1. The van der Waals surface area contributed by atoms with Gasteiger partial charge in [0, 0.05) is 24.4 Å². The van der Waals surface area contributed by atoms with Gasteiger partial charge in [0.15, 0.2) is 0 Å². The molecule has 0 N–H and O–H groups in total. The Morgan fingerprint density at radius 3 is 2.80 bits per heavy atom. The second kappa shape index (κ2) is 7.53. The molecule has 0 unspecified atom stereocenters. The normalized spacial score (nSPS) is 15.2. The minimum atomic E-state index is -0.274. The van der Waals surface area contributed by atoms with E-state index in [4.69, 9.17) is 4.74 Å². The molecule has 0 aliphatic carbocycles. The van der Waals surface area contributed by atoms with Crippen molar-refractivity contribution in [3.05, 3.63) is 29.6 Å². The first kappa shape index (κ1) is 15.2. The molecule has 0 aromatic heterocycles. The van der Waals surface area contributed by atoms with Gasteiger partial charge in [0.05, 0.1) is 12.9 Å². The first-order valence-corrected chi connectivity index (χ1v) is 8.04. The number of halogens is 1. The van der Waals surface area contributed by atoms with Crippen LogP contribution < -0.4 is 4.74 Å². The molecular formula is C15H20FNO2S. The van der Waals surface area contributed by atoms with E-state index in [0.29, 0.717) is 17.3 Å². The zero-order chi connectivity index (χ0) is 14.4. The van der Waals surface area contributed by atoms with Crippen molar-refractivity contribution in [2.45, 2.75) is 25.0 Å². The Morgan fingerprint density at radius 1 is 1.35 bits per heavy atom. The van der Waals surface area contributed by atoms with E-state index in [-0.39, 0.29) is 11.7 Å². The molecule has 0 spiro atoms. The van der Waals surface area contributed by atoms with E-state index in [9.17, 15) is 9.18 Å². The lowest BCUT2D eigenvalue weighted by Gasteiger charge is -2.26. The van der Waals surface area contributed by atoms with E-state index >= 15 is 0 Å². The largest absolute Gasteiger partial charge is 0.496 e. The first-order valence-electron chi connectivity index (χ1n) is 6.88. The summed E-state index contributed by atoms with van der Waals surface area (Å²) in [6, 6.07) is 4.47. The van der Waals surface area contributed by atoms with Gasteiger partial charge in [0.1, 0.15) is 11.6 Å². The number of piperidine rings is 1. The summed E-state index contributed by atoms with van der Waals surface area (Å²) in [7, 11) is 1.57. The number of nitrogens with zero attached hydrogens (tertiary/aromatic N) is 1. The van der Waals surface area contributed by atoms with Crippen LogP contribution in [0.2, 0.25) is 0 Å². The highest BCUT2D eigenvalue weighted by Crippen LogP contribution is 2.24. The standard InChI is InChI=1S/C15H20FNO2S/c1-19-14-6-5-13(16)9-12(14)10-20-11-15(18)17-7-3-2-4-8-17/h5-6,9H,2-4,7-8,10-11H2,1H3. The fourth-order valence-corrected chi connectivity index (χ4v) is 3.25. The molecule has 1 amide bonds. The molecule has 2 rings (SSSR count). The Labute approximate surface area is 123 Å². The van der Waals surface area contributed by atoms with Crippen LogP contribution in [0.5, 0.6) is 5.75 Å². The Bertz CT molecular complexity index is 461. The summed E-state index contributed by atoms with van der Waals surface area (Å²) in [5.74, 6) is 1.61. The molecule has 1 aromatic carbocycles. The van der Waals surface area contributed by atoms with Crippen LogP contribution in [0.1, 0.15) is 24.8 Å². The van der Waals surface area contributed by atoms with Crippen molar-refractivity contribution < 1.29 is 13.9 Å². The summed E-state index contributed by atoms with van der Waals surface area (Å²) >= 11 is 1.51. The molecule has 1 aromatic rings. The van der Waals surface area contributed by atoms with E-state index in [1.165, 1.54) is 30.3 Å². The van der Waals surface area contributed by atoms with Gasteiger partial charge < -0.3 is 9.64 Å². The maximum absolute atomic E-state index is 13.2. The number of rotatable bonds is 5. The third-order valence-electron chi connectivity index (χ3n) is 3.43. The number of hydrogen-bond donors (Lipinski definition) is 0. The quantitative estimate of drug-likeness (QED) is 0.836. The van der Waals surface area contributed by atoms with E-state index in [1.807, 2.05) is 4.90 Å². The molecule has 0 saturated carbocycles. The highest BCUT2D eigenvalue weighted by molar-refractivity contribution is 7.99. The molecule has 0 radical (unpaired) electrons. The summed E-state index contributed by atoms with van der Waals surface area (Å²) in [4.78, 5) is 13.9. The maximum Gasteiger partial charge on any atom is 0.232 e. The van der Waals surface area contributed by atoms with E-state index in [0.717, 1.165) is 31.5 Å². The number of benzene rings is 1. The van der Waals surface area contributed by atoms with Crippen LogP contribution >= 0.6 is 11.8 Å². The van der Waals surface area contributed by atoms with Crippen molar-refractivity contribution in [2.75, 3.05) is 26.0 Å². The molecule has 1 heterocycles. The van der Waals surface area contributed by atoms with Crippen molar-refractivity contribution in [3.8, 4) is 5.75 Å². The van der Waals surface area contributed by atoms with Crippen molar-refractivity contribution in [1.29, 1.82) is 0 Å². The molecule has 20 heavy (non-hydrogen) atoms. The minimum Gasteiger partial charge on any atom is -0.496 e. The Morgan fingerprint density at radius 2 is 2.10 bits per heavy atom. The summed E-state index contributed by atoms with van der Waals surface area (Å²) in [5.41, 5.74) is 0.795. The van der Waals surface area contributed by atoms with Crippen LogP contribution in [0.4, 0.5) is 4.39 Å². The van der Waals surface area contributed by atoms with Gasteiger partial charge in [0.25, 0.3) is 0 Å². The monoisotopic (exact) mass is 297 g/mol. The van der Waals surface area contributed by atoms with Gasteiger partial charge in [-0.05, 0) is 37.5 Å². The van der Waals surface area contributed by atoms with Gasteiger partial charge in [-0.1, -0.05) is 0 Å². The fraction of sp³-hybridized carbons (Fsp3) is 0.533. The molecule has 0 atom stereocenters. The van der Waals surface area contributed by atoms with Gasteiger partial charge in [-0.3, -0.25) is 4.79 Å². The zero-order valence-corrected chi connectivity index (χ0v) is 12.5. The smallest absolute Gasteiger partial charge is 0.232 e. The number of amides is 1. The Kier molecular flexibility index (Phi) is 5.71. The van der Waals surface area contributed by atoms with E-state index in [1.54, 1.807) is 13.2 Å². The number of likely N-dealkylation sites (tertiary alicyclic amines) is 1. The average Bonchev–Trinajstić information content (AvgIpc) is 2.48. The van der Waals surface area contributed by atoms with Gasteiger partial charge in [-0.15, -0.1) is 11.8 Å². The van der Waals surface area contributed by atoms with Crippen LogP contribution in [0.15, 0.2) is 18.2 Å². The van der Waals surface area contributed by atoms with Gasteiger partial charge in [-0.2, -0.15) is 0 Å². The number of thioether (sulfide) groups is 1. The van der Waals surface area contributed by atoms with E-state index < -0.39 is 0 Å². The molecule has 1 saturated heterocycles. The number of methoxy groups -OCH3 is 1. The lowest BCUT2D eigenvalue weighted by atomic mass is 10.1. The lowest BCUT2D eigenvalue weighted by molar-refractivity contribution is -0.129. The molecule has 110 valence electrons. The highest BCUT2D eigenvalue weighted by Gasteiger charge is 2.16. The van der Waals surface area contributed by atoms with Crippen LogP contribution in [0.3, 0.4) is 0 Å². The van der Waals surface area contributed by atoms with Crippen molar-refractivity contribution in [3.63, 3.8) is 0 Å². The molecule has 1 fully saturated rings. The van der Waals surface area contributed by atoms with Crippen molar-refractivity contribution >= 4 is 17.7 Å². The number of ether oxygens (including phenoxy) is 1. The number of carbonyl (C=O) groups excluding carboxylic acids is 1. The van der Waals surface area contributed by atoms with Gasteiger partial charge in [0.2, 0.25) is 5.91 Å². The lowest BCUT2D eigenvalue weighted by Crippen LogP contribution is -2.36. The molecule has 0 bridgehead atoms. The summed E-state index contributed by atoms with van der Waals surface area (Å²) in [6.45, 7) is 1.76. The Hall–Kier alpha value is -1.23. The summed E-state index contributed by atoms with van der Waals surface area (Å²) < 4.78 is 18.4. The first-order chi connectivity index (χ1) is 9.70. The summed E-state index contributed by atoms with van der Waals surface area (Å²) in [5, 5.41) is 0. The van der Waals surface area contributed by atoms with E-state index in [2.05, 4.69) is 0 Å². The van der Waals surface area contributed by atoms with Crippen LogP contribution in [-0.4, -0.2) is 36.8 Å². The number of hydrogen-bond acceptors (Lipinski definition) is 3. The topological polar surface area (TPSA) is 29.5 Å².